The minimum absolute atomic E-state index is 0.207. The zero-order chi connectivity index (χ0) is 17.6. The van der Waals surface area contributed by atoms with Gasteiger partial charge in [0.1, 0.15) is 12.4 Å². The summed E-state index contributed by atoms with van der Waals surface area (Å²) < 4.78 is 7.19. The maximum Gasteiger partial charge on any atom is 0.214 e. The molecule has 25 heavy (non-hydrogen) atoms. The van der Waals surface area contributed by atoms with E-state index in [1.165, 1.54) is 11.8 Å². The highest BCUT2D eigenvalue weighted by molar-refractivity contribution is 7.99. The smallest absolute Gasteiger partial charge is 0.214 e. The average molecular weight is 377 g/mol. The van der Waals surface area contributed by atoms with E-state index in [1.54, 1.807) is 16.8 Å². The Morgan fingerprint density at radius 1 is 1.16 bits per heavy atom. The lowest BCUT2D eigenvalue weighted by Crippen LogP contribution is -2.20. The minimum Gasteiger partial charge on any atom is -0.491 e. The van der Waals surface area contributed by atoms with Crippen LogP contribution in [0.15, 0.2) is 53.7 Å². The van der Waals surface area contributed by atoms with Crippen molar-refractivity contribution in [2.75, 3.05) is 12.4 Å². The predicted octanol–water partition coefficient (Wildman–Crippen LogP) is 3.16. The summed E-state index contributed by atoms with van der Waals surface area (Å²) in [6.07, 6.45) is -0.637. The molecule has 0 fully saturated rings. The second-order valence-electron chi connectivity index (χ2n) is 5.44. The number of nitrogens with zero attached hydrogens (tertiary/aromatic N) is 4. The number of aliphatic hydroxyl groups excluding tert-OH is 1. The Bertz CT molecular complexity index is 808. The third-order valence-corrected chi connectivity index (χ3v) is 4.70. The molecular weight excluding hydrogens is 360 g/mol. The van der Waals surface area contributed by atoms with Crippen molar-refractivity contribution < 1.29 is 9.84 Å². The van der Waals surface area contributed by atoms with Gasteiger partial charge in [-0.25, -0.2) is 0 Å². The number of halogens is 1. The Hall–Kier alpha value is -2.09. The molecule has 1 heterocycles. The summed E-state index contributed by atoms with van der Waals surface area (Å²) in [5.41, 5.74) is 1.97. The number of aliphatic hydroxyl groups is 1. The Morgan fingerprint density at radius 2 is 1.88 bits per heavy atom. The largest absolute Gasteiger partial charge is 0.491 e. The molecule has 0 radical (unpaired) electrons. The van der Waals surface area contributed by atoms with Gasteiger partial charge >= 0.3 is 0 Å². The summed E-state index contributed by atoms with van der Waals surface area (Å²) in [5, 5.41) is 23.0. The molecule has 0 saturated heterocycles. The van der Waals surface area contributed by atoms with Crippen molar-refractivity contribution in [1.82, 2.24) is 20.2 Å². The molecule has 1 atom stereocenters. The first-order valence-electron chi connectivity index (χ1n) is 7.66. The van der Waals surface area contributed by atoms with Crippen LogP contribution in [0, 0.1) is 6.92 Å². The lowest BCUT2D eigenvalue weighted by atomic mass is 10.2. The highest BCUT2D eigenvalue weighted by Gasteiger charge is 2.13. The molecule has 0 spiro atoms. The number of benzene rings is 2. The fourth-order valence-electron chi connectivity index (χ4n) is 2.06. The lowest BCUT2D eigenvalue weighted by Gasteiger charge is -2.12. The molecule has 3 rings (SSSR count). The molecule has 1 N–H and O–H groups in total. The van der Waals surface area contributed by atoms with Crippen LogP contribution in [0.3, 0.4) is 0 Å². The molecule has 2 aromatic carbocycles. The van der Waals surface area contributed by atoms with Crippen molar-refractivity contribution >= 4 is 23.4 Å². The van der Waals surface area contributed by atoms with Gasteiger partial charge in [0.05, 0.1) is 11.8 Å². The summed E-state index contributed by atoms with van der Waals surface area (Å²) in [5.74, 6) is 1.15. The van der Waals surface area contributed by atoms with Crippen LogP contribution < -0.4 is 4.74 Å². The molecule has 0 aliphatic carbocycles. The molecule has 6 nitrogen and oxygen atoms in total. The maximum absolute atomic E-state index is 10.1. The highest BCUT2D eigenvalue weighted by Crippen LogP contribution is 2.20. The van der Waals surface area contributed by atoms with Gasteiger partial charge in [0, 0.05) is 10.8 Å². The van der Waals surface area contributed by atoms with E-state index in [4.69, 9.17) is 16.3 Å². The van der Waals surface area contributed by atoms with Crippen molar-refractivity contribution in [3.05, 3.63) is 59.1 Å². The van der Waals surface area contributed by atoms with Crippen molar-refractivity contribution in [1.29, 1.82) is 0 Å². The van der Waals surface area contributed by atoms with Gasteiger partial charge in [-0.15, -0.1) is 5.10 Å². The molecule has 0 aliphatic heterocycles. The average Bonchev–Trinajstić information content (AvgIpc) is 3.09. The van der Waals surface area contributed by atoms with E-state index < -0.39 is 6.10 Å². The standard InChI is InChI=1S/C17H17ClN4O2S/c1-12-2-8-16(9-3-12)24-10-15(23)11-25-17-19-20-21-22(17)14-6-4-13(18)5-7-14/h2-9,15,23H,10-11H2,1H3/t15-/m0/s1. The first kappa shape index (κ1) is 17.7. The van der Waals surface area contributed by atoms with Crippen molar-refractivity contribution in [3.8, 4) is 11.4 Å². The van der Waals surface area contributed by atoms with E-state index in [1.807, 2.05) is 43.3 Å². The van der Waals surface area contributed by atoms with Crippen LogP contribution >= 0.6 is 23.4 Å². The topological polar surface area (TPSA) is 73.1 Å². The molecule has 8 heteroatoms. The third-order valence-electron chi connectivity index (χ3n) is 3.38. The van der Waals surface area contributed by atoms with Gasteiger partial charge in [-0.3, -0.25) is 0 Å². The van der Waals surface area contributed by atoms with Crippen LogP contribution in [0.2, 0.25) is 5.02 Å². The summed E-state index contributed by atoms with van der Waals surface area (Å²) >= 11 is 7.26. The molecular formula is C17H17ClN4O2S. The molecule has 0 saturated carbocycles. The normalized spacial score (nSPS) is 12.1. The summed E-state index contributed by atoms with van der Waals surface area (Å²) in [4.78, 5) is 0. The third kappa shape index (κ3) is 4.94. The quantitative estimate of drug-likeness (QED) is 0.638. The summed E-state index contributed by atoms with van der Waals surface area (Å²) in [7, 11) is 0. The van der Waals surface area contributed by atoms with Gasteiger partial charge in [-0.05, 0) is 53.7 Å². The number of aryl methyl sites for hydroxylation is 1. The highest BCUT2D eigenvalue weighted by atomic mass is 35.5. The van der Waals surface area contributed by atoms with Crippen LogP contribution in [0.25, 0.3) is 5.69 Å². The molecule has 0 unspecified atom stereocenters. The van der Waals surface area contributed by atoms with Crippen LogP contribution in [0.4, 0.5) is 0 Å². The minimum atomic E-state index is -0.637. The van der Waals surface area contributed by atoms with Crippen LogP contribution in [-0.2, 0) is 0 Å². The second kappa shape index (κ2) is 8.33. The number of ether oxygens (including phenoxy) is 1. The number of tetrazole rings is 1. The van der Waals surface area contributed by atoms with Crippen LogP contribution in [0.1, 0.15) is 5.56 Å². The van der Waals surface area contributed by atoms with E-state index in [-0.39, 0.29) is 6.61 Å². The Kier molecular flexibility index (Phi) is 5.91. The SMILES string of the molecule is Cc1ccc(OC[C@H](O)CSc2nnnn2-c2ccc(Cl)cc2)cc1. The van der Waals surface area contributed by atoms with Crippen LogP contribution in [0.5, 0.6) is 5.75 Å². The molecule has 0 aliphatic rings. The van der Waals surface area contributed by atoms with Gasteiger partial charge in [0.2, 0.25) is 5.16 Å². The molecule has 0 bridgehead atoms. The molecule has 1 aromatic heterocycles. The van der Waals surface area contributed by atoms with E-state index >= 15 is 0 Å². The van der Waals surface area contributed by atoms with Gasteiger partial charge in [-0.2, -0.15) is 4.68 Å². The zero-order valence-corrected chi connectivity index (χ0v) is 15.1. The Balaban J connectivity index is 1.54. The summed E-state index contributed by atoms with van der Waals surface area (Å²) in [6.45, 7) is 2.22. The Morgan fingerprint density at radius 3 is 2.60 bits per heavy atom. The van der Waals surface area contributed by atoms with E-state index in [2.05, 4.69) is 15.5 Å². The van der Waals surface area contributed by atoms with E-state index in [0.29, 0.717) is 15.9 Å². The van der Waals surface area contributed by atoms with Crippen molar-refractivity contribution in [3.63, 3.8) is 0 Å². The van der Waals surface area contributed by atoms with Crippen molar-refractivity contribution in [2.24, 2.45) is 0 Å². The number of hydrogen-bond acceptors (Lipinski definition) is 6. The Labute approximate surface area is 154 Å². The fraction of sp³-hybridized carbons (Fsp3) is 0.235. The number of hydrogen-bond donors (Lipinski definition) is 1. The molecule has 130 valence electrons. The van der Waals surface area contributed by atoms with Gasteiger partial charge in [-0.1, -0.05) is 41.1 Å². The van der Waals surface area contributed by atoms with E-state index in [9.17, 15) is 5.11 Å². The maximum atomic E-state index is 10.1. The number of aromatic nitrogens is 4. The predicted molar refractivity (Wildman–Crippen MR) is 97.6 cm³/mol. The van der Waals surface area contributed by atoms with Gasteiger partial charge in [0.15, 0.2) is 0 Å². The van der Waals surface area contributed by atoms with Gasteiger partial charge in [0.25, 0.3) is 0 Å². The molecule has 0 amide bonds. The zero-order valence-electron chi connectivity index (χ0n) is 13.5. The second-order valence-corrected chi connectivity index (χ2v) is 6.86. The lowest BCUT2D eigenvalue weighted by molar-refractivity contribution is 0.126. The van der Waals surface area contributed by atoms with Gasteiger partial charge < -0.3 is 9.84 Å². The van der Waals surface area contributed by atoms with Crippen molar-refractivity contribution in [2.45, 2.75) is 18.2 Å². The van der Waals surface area contributed by atoms with E-state index in [0.717, 1.165) is 17.0 Å². The number of thioether (sulfide) groups is 1. The first-order valence-corrected chi connectivity index (χ1v) is 9.03. The van der Waals surface area contributed by atoms with Crippen LogP contribution in [-0.4, -0.2) is 43.8 Å². The summed E-state index contributed by atoms with van der Waals surface area (Å²) in [6, 6.07) is 14.9. The first-order chi connectivity index (χ1) is 12.1. The fourth-order valence-corrected chi connectivity index (χ4v) is 2.98. The number of rotatable bonds is 7. The molecule has 3 aromatic rings. The monoisotopic (exact) mass is 376 g/mol.